The monoisotopic (exact) mass is 298 g/mol. The molecule has 0 spiro atoms. The molecule has 0 bridgehead atoms. The molecule has 0 rings (SSSR count). The second-order valence-electron chi connectivity index (χ2n) is 4.10. The molecule has 3 unspecified atom stereocenters. The fraction of sp³-hybridized carbons (Fsp3) is 0.900. The van der Waals surface area contributed by atoms with Gasteiger partial charge < -0.3 is 40.9 Å². The Labute approximate surface area is 116 Å². The van der Waals surface area contributed by atoms with Crippen LogP contribution in [-0.4, -0.2) is 98.4 Å². The van der Waals surface area contributed by atoms with Crippen molar-refractivity contribution in [3.05, 3.63) is 0 Å². The molecular formula is C10H22N2O6S. The van der Waals surface area contributed by atoms with E-state index in [9.17, 15) is 15.3 Å². The van der Waals surface area contributed by atoms with Gasteiger partial charge in [0, 0.05) is 19.6 Å². The third-order valence-electron chi connectivity index (χ3n) is 2.27. The normalized spacial score (nSPS) is 15.7. The molecule has 0 aliphatic rings. The first-order valence-corrected chi connectivity index (χ1v) is 6.24. The molecule has 0 heterocycles. The number of aliphatic hydroxyl groups excluding tert-OH is 6. The standard InChI is InChI=1S/C10H22N2O6S/c13-4-7(16)1-11-10(19)12(2-8(17)5-14)3-9(18)6-15/h7-9,13-18H,1-6H2,(H,11,19). The fourth-order valence-electron chi connectivity index (χ4n) is 1.25. The minimum atomic E-state index is -1.05. The number of thiocarbonyl (C=S) groups is 1. The highest BCUT2D eigenvalue weighted by atomic mass is 32.1. The van der Waals surface area contributed by atoms with Gasteiger partial charge in [-0.1, -0.05) is 0 Å². The highest BCUT2D eigenvalue weighted by molar-refractivity contribution is 7.80. The van der Waals surface area contributed by atoms with Crippen molar-refractivity contribution in [1.82, 2.24) is 10.2 Å². The smallest absolute Gasteiger partial charge is 0.169 e. The van der Waals surface area contributed by atoms with E-state index in [1.807, 2.05) is 0 Å². The summed E-state index contributed by atoms with van der Waals surface area (Å²) in [6.45, 7) is -1.41. The van der Waals surface area contributed by atoms with E-state index in [1.54, 1.807) is 0 Å². The molecule has 0 saturated heterocycles. The summed E-state index contributed by atoms with van der Waals surface area (Å²) in [6, 6.07) is 0. The minimum Gasteiger partial charge on any atom is -0.394 e. The highest BCUT2D eigenvalue weighted by Gasteiger charge is 2.18. The van der Waals surface area contributed by atoms with Crippen LogP contribution in [0.4, 0.5) is 0 Å². The summed E-state index contributed by atoms with van der Waals surface area (Å²) in [5.41, 5.74) is 0. The topological polar surface area (TPSA) is 137 Å². The van der Waals surface area contributed by atoms with Crippen LogP contribution >= 0.6 is 12.2 Å². The Bertz CT molecular complexity index is 246. The summed E-state index contributed by atoms with van der Waals surface area (Å²) < 4.78 is 0. The summed E-state index contributed by atoms with van der Waals surface area (Å²) in [5, 5.41) is 56.9. The Morgan fingerprint density at radius 3 is 1.68 bits per heavy atom. The molecule has 8 nitrogen and oxygen atoms in total. The maximum absolute atomic E-state index is 9.37. The molecule has 0 amide bonds. The van der Waals surface area contributed by atoms with Crippen LogP contribution < -0.4 is 5.32 Å². The molecule has 0 aliphatic carbocycles. The van der Waals surface area contributed by atoms with E-state index in [0.717, 1.165) is 0 Å². The molecule has 0 saturated carbocycles. The van der Waals surface area contributed by atoms with Gasteiger partial charge in [-0.15, -0.1) is 0 Å². The maximum Gasteiger partial charge on any atom is 0.169 e. The molecule has 19 heavy (non-hydrogen) atoms. The number of hydrogen-bond acceptors (Lipinski definition) is 7. The van der Waals surface area contributed by atoms with Crippen LogP contribution in [0, 0.1) is 0 Å². The molecule has 9 heteroatoms. The SMILES string of the molecule is OCC(O)CNC(=S)N(CC(O)CO)CC(O)CO. The van der Waals surface area contributed by atoms with E-state index in [4.69, 9.17) is 27.5 Å². The second-order valence-corrected chi connectivity index (χ2v) is 4.49. The second kappa shape index (κ2) is 10.3. The Morgan fingerprint density at radius 2 is 1.32 bits per heavy atom. The van der Waals surface area contributed by atoms with E-state index < -0.39 is 38.1 Å². The number of hydrogen-bond donors (Lipinski definition) is 7. The quantitative estimate of drug-likeness (QED) is 0.214. The average Bonchev–Trinajstić information content (AvgIpc) is 2.42. The van der Waals surface area contributed by atoms with Crippen molar-refractivity contribution in [2.24, 2.45) is 0 Å². The predicted octanol–water partition coefficient (Wildman–Crippen LogP) is -3.78. The Morgan fingerprint density at radius 1 is 0.895 bits per heavy atom. The van der Waals surface area contributed by atoms with E-state index in [1.165, 1.54) is 4.90 Å². The first kappa shape index (κ1) is 18.4. The molecule has 0 radical (unpaired) electrons. The van der Waals surface area contributed by atoms with Crippen molar-refractivity contribution >= 4 is 17.3 Å². The van der Waals surface area contributed by atoms with Crippen LogP contribution in [0.15, 0.2) is 0 Å². The number of nitrogens with one attached hydrogen (secondary N) is 1. The molecule has 0 aliphatic heterocycles. The lowest BCUT2D eigenvalue weighted by Crippen LogP contribution is -2.49. The van der Waals surface area contributed by atoms with Gasteiger partial charge in [-0.05, 0) is 12.2 Å². The van der Waals surface area contributed by atoms with Gasteiger partial charge in [-0.3, -0.25) is 0 Å². The number of nitrogens with zero attached hydrogens (tertiary/aromatic N) is 1. The summed E-state index contributed by atoms with van der Waals surface area (Å²) in [4.78, 5) is 1.36. The summed E-state index contributed by atoms with van der Waals surface area (Å²) in [6.07, 6.45) is -3.08. The van der Waals surface area contributed by atoms with Crippen LogP contribution in [0.5, 0.6) is 0 Å². The van der Waals surface area contributed by atoms with Gasteiger partial charge >= 0.3 is 0 Å². The molecule has 0 fully saturated rings. The molecule has 0 aromatic rings. The molecule has 7 N–H and O–H groups in total. The third kappa shape index (κ3) is 8.26. The van der Waals surface area contributed by atoms with E-state index in [-0.39, 0.29) is 24.7 Å². The Balaban J connectivity index is 4.40. The molecule has 114 valence electrons. The Hall–Kier alpha value is -0.550. The zero-order valence-corrected chi connectivity index (χ0v) is 11.3. The van der Waals surface area contributed by atoms with Gasteiger partial charge in [-0.25, -0.2) is 0 Å². The first-order chi connectivity index (χ1) is 8.94. The predicted molar refractivity (Wildman–Crippen MR) is 71.5 cm³/mol. The lowest BCUT2D eigenvalue weighted by atomic mass is 10.3. The van der Waals surface area contributed by atoms with Crippen molar-refractivity contribution in [2.45, 2.75) is 18.3 Å². The molecular weight excluding hydrogens is 276 g/mol. The van der Waals surface area contributed by atoms with Crippen LogP contribution in [0.1, 0.15) is 0 Å². The summed E-state index contributed by atoms with van der Waals surface area (Å²) in [7, 11) is 0. The fourth-order valence-corrected chi connectivity index (χ4v) is 1.48. The van der Waals surface area contributed by atoms with Crippen LogP contribution in [0.3, 0.4) is 0 Å². The van der Waals surface area contributed by atoms with Gasteiger partial charge in [0.2, 0.25) is 0 Å². The van der Waals surface area contributed by atoms with Crippen molar-refractivity contribution in [3.8, 4) is 0 Å². The van der Waals surface area contributed by atoms with Crippen LogP contribution in [-0.2, 0) is 0 Å². The maximum atomic E-state index is 9.37. The van der Waals surface area contributed by atoms with Crippen molar-refractivity contribution in [1.29, 1.82) is 0 Å². The lowest BCUT2D eigenvalue weighted by molar-refractivity contribution is 0.0449. The van der Waals surface area contributed by atoms with E-state index in [2.05, 4.69) is 5.32 Å². The minimum absolute atomic E-state index is 0.0102. The van der Waals surface area contributed by atoms with Crippen LogP contribution in [0.25, 0.3) is 0 Å². The number of rotatable bonds is 9. The number of aliphatic hydroxyl groups is 6. The first-order valence-electron chi connectivity index (χ1n) is 5.84. The summed E-state index contributed by atoms with van der Waals surface area (Å²) in [5.74, 6) is 0. The largest absolute Gasteiger partial charge is 0.394 e. The zero-order chi connectivity index (χ0) is 14.8. The zero-order valence-electron chi connectivity index (χ0n) is 10.5. The van der Waals surface area contributed by atoms with Crippen molar-refractivity contribution in [3.63, 3.8) is 0 Å². The van der Waals surface area contributed by atoms with Crippen LogP contribution in [0.2, 0.25) is 0 Å². The molecule has 0 aromatic heterocycles. The highest BCUT2D eigenvalue weighted by Crippen LogP contribution is 1.98. The van der Waals surface area contributed by atoms with Gasteiger partial charge in [0.15, 0.2) is 5.11 Å². The molecule has 3 atom stereocenters. The van der Waals surface area contributed by atoms with Gasteiger partial charge in [-0.2, -0.15) is 0 Å². The van der Waals surface area contributed by atoms with Gasteiger partial charge in [0.1, 0.15) is 0 Å². The molecule has 0 aromatic carbocycles. The average molecular weight is 298 g/mol. The lowest BCUT2D eigenvalue weighted by Gasteiger charge is -2.29. The Kier molecular flexibility index (Phi) is 9.97. The van der Waals surface area contributed by atoms with Gasteiger partial charge in [0.05, 0.1) is 38.1 Å². The van der Waals surface area contributed by atoms with E-state index in [0.29, 0.717) is 0 Å². The van der Waals surface area contributed by atoms with Gasteiger partial charge in [0.25, 0.3) is 0 Å². The third-order valence-corrected chi connectivity index (χ3v) is 2.67. The van der Waals surface area contributed by atoms with Crippen molar-refractivity contribution < 1.29 is 30.6 Å². The summed E-state index contributed by atoms with van der Waals surface area (Å²) >= 11 is 5.01. The van der Waals surface area contributed by atoms with Crippen molar-refractivity contribution in [2.75, 3.05) is 39.5 Å². The van der Waals surface area contributed by atoms with E-state index >= 15 is 0 Å².